The predicted octanol–water partition coefficient (Wildman–Crippen LogP) is 4.46. The lowest BCUT2D eigenvalue weighted by Crippen LogP contribution is -2.43. The highest BCUT2D eigenvalue weighted by Gasteiger charge is 2.18. The molecule has 138 valence electrons. The molecule has 25 heavy (non-hydrogen) atoms. The largest absolute Gasteiger partial charge is 0.460 e. The van der Waals surface area contributed by atoms with Crippen LogP contribution in [0.25, 0.3) is 11.0 Å². The predicted molar refractivity (Wildman–Crippen MR) is 101 cm³/mol. The van der Waals surface area contributed by atoms with Crippen LogP contribution in [0.3, 0.4) is 0 Å². The first-order chi connectivity index (χ1) is 11.7. The number of furan rings is 1. The second-order valence-electron chi connectivity index (χ2n) is 7.84. The monoisotopic (exact) mass is 346 g/mol. The van der Waals surface area contributed by atoms with Crippen LogP contribution in [0.4, 0.5) is 4.79 Å². The normalized spacial score (nSPS) is 13.2. The van der Waals surface area contributed by atoms with E-state index in [0.717, 1.165) is 23.2 Å². The van der Waals surface area contributed by atoms with Gasteiger partial charge in [-0.3, -0.25) is 0 Å². The van der Waals surface area contributed by atoms with Crippen molar-refractivity contribution in [3.8, 4) is 0 Å². The van der Waals surface area contributed by atoms with Gasteiger partial charge in [-0.1, -0.05) is 32.0 Å². The maximum absolute atomic E-state index is 11.9. The van der Waals surface area contributed by atoms with Gasteiger partial charge >= 0.3 is 6.09 Å². The fourth-order valence-corrected chi connectivity index (χ4v) is 2.70. The van der Waals surface area contributed by atoms with Crippen molar-refractivity contribution in [1.82, 2.24) is 10.6 Å². The molecule has 0 aliphatic carbocycles. The van der Waals surface area contributed by atoms with Crippen LogP contribution in [0.5, 0.6) is 0 Å². The highest BCUT2D eigenvalue weighted by Crippen LogP contribution is 2.19. The van der Waals surface area contributed by atoms with Gasteiger partial charge in [0.05, 0.1) is 6.54 Å². The zero-order valence-electron chi connectivity index (χ0n) is 15.9. The summed E-state index contributed by atoms with van der Waals surface area (Å²) in [6.45, 7) is 11.1. The number of para-hydroxylation sites is 1. The number of alkyl carbamates (subject to hydrolysis) is 1. The van der Waals surface area contributed by atoms with Crippen molar-refractivity contribution in [2.24, 2.45) is 5.92 Å². The molecule has 0 saturated heterocycles. The number of rotatable bonds is 7. The molecule has 1 unspecified atom stereocenters. The average Bonchev–Trinajstić information content (AvgIpc) is 2.90. The number of hydrogen-bond donors (Lipinski definition) is 2. The molecule has 0 saturated carbocycles. The van der Waals surface area contributed by atoms with E-state index in [1.807, 2.05) is 45.0 Å². The maximum Gasteiger partial charge on any atom is 0.407 e. The Morgan fingerprint density at radius 3 is 2.60 bits per heavy atom. The topological polar surface area (TPSA) is 63.5 Å². The van der Waals surface area contributed by atoms with E-state index >= 15 is 0 Å². The molecule has 1 atom stereocenters. The number of fused-ring (bicyclic) bond motifs is 1. The third kappa shape index (κ3) is 6.78. The second-order valence-corrected chi connectivity index (χ2v) is 7.84. The van der Waals surface area contributed by atoms with Crippen molar-refractivity contribution in [2.45, 2.75) is 59.2 Å². The Morgan fingerprint density at radius 2 is 1.96 bits per heavy atom. The molecule has 1 heterocycles. The number of ether oxygens (including phenoxy) is 1. The van der Waals surface area contributed by atoms with Gasteiger partial charge in [0.25, 0.3) is 0 Å². The van der Waals surface area contributed by atoms with E-state index in [1.165, 1.54) is 0 Å². The zero-order chi connectivity index (χ0) is 18.4. The Kier molecular flexibility index (Phi) is 6.48. The SMILES string of the molecule is CC(C)CC(CNC(=O)OC(C)(C)C)NCc1cc2ccccc2o1. The molecule has 2 aromatic rings. The van der Waals surface area contributed by atoms with Crippen LogP contribution in [0.1, 0.15) is 46.8 Å². The summed E-state index contributed by atoms with van der Waals surface area (Å²) in [5, 5.41) is 7.44. The lowest BCUT2D eigenvalue weighted by molar-refractivity contribution is 0.0520. The Labute approximate surface area is 150 Å². The van der Waals surface area contributed by atoms with Crippen molar-refractivity contribution >= 4 is 17.1 Å². The Hall–Kier alpha value is -2.01. The van der Waals surface area contributed by atoms with Crippen molar-refractivity contribution in [1.29, 1.82) is 0 Å². The maximum atomic E-state index is 11.9. The van der Waals surface area contributed by atoms with E-state index in [2.05, 4.69) is 30.5 Å². The van der Waals surface area contributed by atoms with Gasteiger partial charge in [0, 0.05) is 18.0 Å². The highest BCUT2D eigenvalue weighted by molar-refractivity contribution is 5.77. The quantitative estimate of drug-likeness (QED) is 0.777. The van der Waals surface area contributed by atoms with Crippen LogP contribution >= 0.6 is 0 Å². The van der Waals surface area contributed by atoms with E-state index < -0.39 is 5.60 Å². The smallest absolute Gasteiger partial charge is 0.407 e. The van der Waals surface area contributed by atoms with Gasteiger partial charge in [0.2, 0.25) is 0 Å². The van der Waals surface area contributed by atoms with Gasteiger partial charge in [0.1, 0.15) is 16.9 Å². The third-order valence-corrected chi connectivity index (χ3v) is 3.69. The number of carbonyl (C=O) groups excluding carboxylic acids is 1. The summed E-state index contributed by atoms with van der Waals surface area (Å²) in [6, 6.07) is 10.2. The van der Waals surface area contributed by atoms with Crippen LogP contribution in [-0.4, -0.2) is 24.3 Å². The summed E-state index contributed by atoms with van der Waals surface area (Å²) >= 11 is 0. The lowest BCUT2D eigenvalue weighted by Gasteiger charge is -2.23. The molecule has 1 amide bonds. The molecule has 0 fully saturated rings. The Morgan fingerprint density at radius 1 is 1.24 bits per heavy atom. The minimum Gasteiger partial charge on any atom is -0.460 e. The van der Waals surface area contributed by atoms with E-state index in [1.54, 1.807) is 0 Å². The second kappa shape index (κ2) is 8.39. The van der Waals surface area contributed by atoms with Crippen molar-refractivity contribution in [3.05, 3.63) is 36.1 Å². The molecule has 0 radical (unpaired) electrons. The number of hydrogen-bond acceptors (Lipinski definition) is 4. The summed E-state index contributed by atoms with van der Waals surface area (Å²) in [5.74, 6) is 1.42. The standard InChI is InChI=1S/C20H30N2O3/c1-14(2)10-16(12-22-19(23)25-20(3,4)5)21-13-17-11-15-8-6-7-9-18(15)24-17/h6-9,11,14,16,21H,10,12-13H2,1-5H3,(H,22,23). The molecule has 1 aromatic carbocycles. The first kappa shape index (κ1) is 19.3. The van der Waals surface area contributed by atoms with Gasteiger partial charge in [-0.05, 0) is 45.2 Å². The van der Waals surface area contributed by atoms with Gasteiger partial charge in [0.15, 0.2) is 0 Å². The fourth-order valence-electron chi connectivity index (χ4n) is 2.70. The van der Waals surface area contributed by atoms with Gasteiger partial charge < -0.3 is 19.8 Å². The van der Waals surface area contributed by atoms with Crippen LogP contribution in [0.2, 0.25) is 0 Å². The van der Waals surface area contributed by atoms with E-state index in [0.29, 0.717) is 19.0 Å². The summed E-state index contributed by atoms with van der Waals surface area (Å²) in [7, 11) is 0. The lowest BCUT2D eigenvalue weighted by atomic mass is 10.0. The molecule has 5 nitrogen and oxygen atoms in total. The molecular formula is C20H30N2O3. The third-order valence-electron chi connectivity index (χ3n) is 3.69. The molecule has 0 aliphatic heterocycles. The van der Waals surface area contributed by atoms with Crippen LogP contribution in [0, 0.1) is 5.92 Å². The molecular weight excluding hydrogens is 316 g/mol. The number of nitrogens with one attached hydrogen (secondary N) is 2. The molecule has 1 aromatic heterocycles. The molecule has 2 N–H and O–H groups in total. The van der Waals surface area contributed by atoms with E-state index in [-0.39, 0.29) is 12.1 Å². The van der Waals surface area contributed by atoms with Gasteiger partial charge in [-0.2, -0.15) is 0 Å². The number of carbonyl (C=O) groups is 1. The molecule has 5 heteroatoms. The summed E-state index contributed by atoms with van der Waals surface area (Å²) in [4.78, 5) is 11.9. The van der Waals surface area contributed by atoms with Crippen LogP contribution in [0.15, 0.2) is 34.7 Å². The van der Waals surface area contributed by atoms with Crippen molar-refractivity contribution in [2.75, 3.05) is 6.54 Å². The van der Waals surface area contributed by atoms with E-state index in [4.69, 9.17) is 9.15 Å². The minimum absolute atomic E-state index is 0.153. The van der Waals surface area contributed by atoms with Gasteiger partial charge in [-0.25, -0.2) is 4.79 Å². The van der Waals surface area contributed by atoms with Crippen LogP contribution in [-0.2, 0) is 11.3 Å². The highest BCUT2D eigenvalue weighted by atomic mass is 16.6. The molecule has 0 aliphatic rings. The summed E-state index contributed by atoms with van der Waals surface area (Å²) in [5.41, 5.74) is 0.408. The summed E-state index contributed by atoms with van der Waals surface area (Å²) < 4.78 is 11.1. The molecule has 0 spiro atoms. The van der Waals surface area contributed by atoms with E-state index in [9.17, 15) is 4.79 Å². The molecule has 0 bridgehead atoms. The van der Waals surface area contributed by atoms with Crippen molar-refractivity contribution < 1.29 is 13.9 Å². The first-order valence-electron chi connectivity index (χ1n) is 8.90. The Bertz CT molecular complexity index is 653. The van der Waals surface area contributed by atoms with Crippen LogP contribution < -0.4 is 10.6 Å². The zero-order valence-corrected chi connectivity index (χ0v) is 15.9. The van der Waals surface area contributed by atoms with Gasteiger partial charge in [-0.15, -0.1) is 0 Å². The number of benzene rings is 1. The minimum atomic E-state index is -0.487. The number of amides is 1. The average molecular weight is 346 g/mol. The van der Waals surface area contributed by atoms with Crippen molar-refractivity contribution in [3.63, 3.8) is 0 Å². The fraction of sp³-hybridized carbons (Fsp3) is 0.550. The molecule has 2 rings (SSSR count). The first-order valence-corrected chi connectivity index (χ1v) is 8.90. The summed E-state index contributed by atoms with van der Waals surface area (Å²) in [6.07, 6.45) is 0.572. The Balaban J connectivity index is 1.89.